The molecule has 3 rings (SSSR count). The first-order chi connectivity index (χ1) is 20.6. The number of carbonyl (C=O) groups excluding carboxylic acids is 3. The van der Waals surface area contributed by atoms with Crippen molar-refractivity contribution in [1.82, 2.24) is 20.7 Å². The highest BCUT2D eigenvalue weighted by atomic mass is 16.7. The van der Waals surface area contributed by atoms with Gasteiger partial charge in [0, 0.05) is 19.3 Å². The van der Waals surface area contributed by atoms with Crippen molar-refractivity contribution in [2.45, 2.75) is 32.9 Å². The minimum atomic E-state index is -1.01. The van der Waals surface area contributed by atoms with Crippen LogP contribution in [0.3, 0.4) is 0 Å². The van der Waals surface area contributed by atoms with Crippen LogP contribution in [0.15, 0.2) is 60.8 Å². The van der Waals surface area contributed by atoms with Gasteiger partial charge in [-0.3, -0.25) is 15.0 Å². The average Bonchev–Trinajstić information content (AvgIpc) is 3.00. The van der Waals surface area contributed by atoms with Gasteiger partial charge in [0.1, 0.15) is 17.5 Å². The molecule has 0 bridgehead atoms. The van der Waals surface area contributed by atoms with Crippen LogP contribution in [0, 0.1) is 5.92 Å². The Morgan fingerprint density at radius 2 is 1.40 bits per heavy atom. The van der Waals surface area contributed by atoms with Crippen molar-refractivity contribution in [3.8, 4) is 23.0 Å². The van der Waals surface area contributed by atoms with E-state index < -0.39 is 24.0 Å². The van der Waals surface area contributed by atoms with Gasteiger partial charge in [-0.25, -0.2) is 14.8 Å². The van der Waals surface area contributed by atoms with Gasteiger partial charge >= 0.3 is 6.16 Å². The zero-order valence-corrected chi connectivity index (χ0v) is 25.4. The van der Waals surface area contributed by atoms with E-state index in [9.17, 15) is 14.4 Å². The molecular weight excluding hydrogens is 556 g/mol. The largest absolute Gasteiger partial charge is 0.514 e. The van der Waals surface area contributed by atoms with E-state index in [1.54, 1.807) is 26.3 Å². The van der Waals surface area contributed by atoms with E-state index >= 15 is 0 Å². The first-order valence-electron chi connectivity index (χ1n) is 13.6. The molecule has 2 aromatic carbocycles. The van der Waals surface area contributed by atoms with Crippen molar-refractivity contribution < 1.29 is 38.1 Å². The van der Waals surface area contributed by atoms with Gasteiger partial charge in [-0.1, -0.05) is 38.1 Å². The molecule has 0 fully saturated rings. The van der Waals surface area contributed by atoms with E-state index in [1.165, 1.54) is 26.3 Å². The lowest BCUT2D eigenvalue weighted by atomic mass is 9.98. The topological polar surface area (TPSA) is 138 Å². The normalized spacial score (nSPS) is 11.6. The minimum Gasteiger partial charge on any atom is -0.497 e. The predicted molar refractivity (Wildman–Crippen MR) is 158 cm³/mol. The zero-order chi connectivity index (χ0) is 31.5. The Morgan fingerprint density at radius 1 is 0.837 bits per heavy atom. The second-order valence-electron chi connectivity index (χ2n) is 9.98. The summed E-state index contributed by atoms with van der Waals surface area (Å²) in [5.74, 6) is 0.103. The van der Waals surface area contributed by atoms with E-state index in [0.717, 1.165) is 11.1 Å². The number of nitrogens with zero attached hydrogens (tertiary/aromatic N) is 2. The third-order valence-corrected chi connectivity index (χ3v) is 6.30. The van der Waals surface area contributed by atoms with Gasteiger partial charge in [-0.05, 0) is 48.2 Å². The molecule has 0 aliphatic carbocycles. The molecule has 12 heteroatoms. The molecule has 0 saturated heterocycles. The molecule has 3 aromatic rings. The number of amides is 2. The maximum Gasteiger partial charge on any atom is 0.514 e. The summed E-state index contributed by atoms with van der Waals surface area (Å²) in [6.45, 7) is 5.39. The van der Waals surface area contributed by atoms with Crippen LogP contribution in [0.4, 0.5) is 4.79 Å². The summed E-state index contributed by atoms with van der Waals surface area (Å²) in [5.41, 5.74) is 4.38. The second-order valence-corrected chi connectivity index (χ2v) is 9.98. The van der Waals surface area contributed by atoms with Crippen molar-refractivity contribution in [3.63, 3.8) is 0 Å². The van der Waals surface area contributed by atoms with Gasteiger partial charge in [0.05, 0.1) is 34.0 Å². The highest BCUT2D eigenvalue weighted by Crippen LogP contribution is 2.31. The summed E-state index contributed by atoms with van der Waals surface area (Å²) in [4.78, 5) is 42.8. The van der Waals surface area contributed by atoms with Crippen LogP contribution in [-0.2, 0) is 9.53 Å². The predicted octanol–water partition coefficient (Wildman–Crippen LogP) is 4.15. The molecule has 230 valence electrons. The number of hydrogen-bond acceptors (Lipinski definition) is 10. The van der Waals surface area contributed by atoms with Crippen LogP contribution < -0.4 is 29.7 Å². The van der Waals surface area contributed by atoms with E-state index in [0.29, 0.717) is 11.5 Å². The summed E-state index contributed by atoms with van der Waals surface area (Å²) < 4.78 is 26.2. The van der Waals surface area contributed by atoms with Crippen LogP contribution in [0.25, 0.3) is 0 Å². The molecular formula is C31H38N4O8. The summed E-state index contributed by atoms with van der Waals surface area (Å²) in [6.07, 6.45) is 0.317. The van der Waals surface area contributed by atoms with Crippen LogP contribution in [0.2, 0.25) is 0 Å². The molecule has 0 saturated carbocycles. The second kappa shape index (κ2) is 15.4. The van der Waals surface area contributed by atoms with Crippen molar-refractivity contribution in [1.29, 1.82) is 0 Å². The highest BCUT2D eigenvalue weighted by Gasteiger charge is 2.27. The average molecular weight is 595 g/mol. The lowest BCUT2D eigenvalue weighted by Crippen LogP contribution is -2.51. The van der Waals surface area contributed by atoms with Crippen molar-refractivity contribution in [3.05, 3.63) is 77.6 Å². The number of methoxy groups -OCH3 is 3. The molecule has 0 aliphatic heterocycles. The number of ether oxygens (including phenoxy) is 5. The third-order valence-electron chi connectivity index (χ3n) is 6.30. The number of benzene rings is 2. The molecule has 43 heavy (non-hydrogen) atoms. The number of nitrogens with one attached hydrogen (secondary N) is 2. The Labute approximate surface area is 251 Å². The Bertz CT molecular complexity index is 1330. The zero-order valence-electron chi connectivity index (χ0n) is 25.4. The van der Waals surface area contributed by atoms with E-state index in [2.05, 4.69) is 15.7 Å². The Balaban J connectivity index is 1.77. The van der Waals surface area contributed by atoms with Crippen molar-refractivity contribution >= 4 is 18.0 Å². The summed E-state index contributed by atoms with van der Waals surface area (Å²) >= 11 is 0. The molecule has 2 N–H and O–H groups in total. The van der Waals surface area contributed by atoms with Crippen molar-refractivity contribution in [2.75, 3.05) is 35.0 Å². The van der Waals surface area contributed by atoms with Gasteiger partial charge in [-0.15, -0.1) is 0 Å². The Morgan fingerprint density at radius 3 is 1.88 bits per heavy atom. The quantitative estimate of drug-likeness (QED) is 0.219. The fraction of sp³-hybridized carbons (Fsp3) is 0.355. The smallest absolute Gasteiger partial charge is 0.497 e. The monoisotopic (exact) mass is 594 g/mol. The molecule has 0 unspecified atom stereocenters. The maximum absolute atomic E-state index is 13.3. The molecule has 1 atom stereocenters. The molecule has 0 spiro atoms. The van der Waals surface area contributed by atoms with Crippen LogP contribution in [0.1, 0.15) is 48.4 Å². The summed E-state index contributed by atoms with van der Waals surface area (Å²) in [6, 6.07) is 15.0. The maximum atomic E-state index is 13.3. The number of pyridine rings is 1. The molecule has 0 radical (unpaired) electrons. The molecule has 2 amide bonds. The Hall–Kier alpha value is -4.84. The third kappa shape index (κ3) is 8.82. The lowest BCUT2D eigenvalue weighted by molar-refractivity contribution is -0.127. The first kappa shape index (κ1) is 32.7. The van der Waals surface area contributed by atoms with Gasteiger partial charge in [0.15, 0.2) is 11.4 Å². The number of carbonyl (C=O) groups is 3. The lowest BCUT2D eigenvalue weighted by Gasteiger charge is -2.30. The number of rotatable bonds is 13. The minimum absolute atomic E-state index is 0.0812. The number of hydrogen-bond donors (Lipinski definition) is 2. The SMILES string of the molecule is COc1ccc(C(c2ccc(OC)cc2)N(C)NC(=O)[C@H](C)NC(=O)c2nccc(OC)c2OC(=O)OCC(C)C)cc1. The number of aromatic nitrogens is 1. The molecule has 12 nitrogen and oxygen atoms in total. The Kier molecular flexibility index (Phi) is 11.7. The highest BCUT2D eigenvalue weighted by molar-refractivity contribution is 5.99. The van der Waals surface area contributed by atoms with Crippen LogP contribution in [0.5, 0.6) is 23.0 Å². The van der Waals surface area contributed by atoms with Gasteiger partial charge < -0.3 is 29.0 Å². The van der Waals surface area contributed by atoms with Crippen LogP contribution in [-0.4, -0.2) is 69.0 Å². The molecule has 1 aromatic heterocycles. The first-order valence-corrected chi connectivity index (χ1v) is 13.6. The van der Waals surface area contributed by atoms with Crippen LogP contribution >= 0.6 is 0 Å². The number of hydrazine groups is 1. The van der Waals surface area contributed by atoms with Crippen molar-refractivity contribution in [2.24, 2.45) is 5.92 Å². The summed E-state index contributed by atoms with van der Waals surface area (Å²) in [7, 11) is 6.26. The van der Waals surface area contributed by atoms with Gasteiger partial charge in [-0.2, -0.15) is 0 Å². The van der Waals surface area contributed by atoms with Gasteiger partial charge in [0.2, 0.25) is 5.75 Å². The molecule has 1 heterocycles. The van der Waals surface area contributed by atoms with E-state index in [-0.39, 0.29) is 35.8 Å². The van der Waals surface area contributed by atoms with Gasteiger partial charge in [0.25, 0.3) is 11.8 Å². The standard InChI is InChI=1S/C31H38N4O8/c1-19(2)18-42-31(38)43-28-25(41-7)16-17-32-26(28)30(37)33-20(3)29(36)34-35(4)27(21-8-12-23(39-5)13-9-21)22-10-14-24(40-6)15-11-22/h8-17,19-20,27H,18H2,1-7H3,(H,33,37)(H,34,36)/t20-/m0/s1. The fourth-order valence-electron chi connectivity index (χ4n) is 4.08. The van der Waals surface area contributed by atoms with E-state index in [1.807, 2.05) is 62.4 Å². The van der Waals surface area contributed by atoms with E-state index in [4.69, 9.17) is 23.7 Å². The fourth-order valence-corrected chi connectivity index (χ4v) is 4.08. The molecule has 0 aliphatic rings. The summed E-state index contributed by atoms with van der Waals surface area (Å²) in [5, 5.41) is 4.25.